The van der Waals surface area contributed by atoms with Crippen LogP contribution >= 0.6 is 0 Å². The van der Waals surface area contributed by atoms with E-state index in [1.54, 1.807) is 0 Å². The molecule has 3 rings (SSSR count). The van der Waals surface area contributed by atoms with Crippen molar-refractivity contribution in [1.82, 2.24) is 4.98 Å². The third-order valence-electron chi connectivity index (χ3n) is 3.94. The van der Waals surface area contributed by atoms with Crippen LogP contribution in [0.3, 0.4) is 0 Å². The molecular formula is C17H16N2. The molecule has 2 nitrogen and oxygen atoms in total. The molecule has 0 N–H and O–H groups in total. The molecule has 1 aromatic heterocycles. The van der Waals surface area contributed by atoms with Gasteiger partial charge in [-0.05, 0) is 43.9 Å². The number of aryl methyl sites for hydroxylation is 2. The normalized spacial score (nSPS) is 15.8. The van der Waals surface area contributed by atoms with Crippen molar-refractivity contribution in [2.24, 2.45) is 0 Å². The molecule has 94 valence electrons. The van der Waals surface area contributed by atoms with Crippen molar-refractivity contribution in [2.75, 3.05) is 0 Å². The van der Waals surface area contributed by atoms with Gasteiger partial charge in [-0.25, -0.2) is 0 Å². The van der Waals surface area contributed by atoms with Gasteiger partial charge in [-0.15, -0.1) is 0 Å². The lowest BCUT2D eigenvalue weighted by atomic mass is 9.97. The first-order chi connectivity index (χ1) is 9.14. The van der Waals surface area contributed by atoms with Crippen LogP contribution in [0.5, 0.6) is 0 Å². The van der Waals surface area contributed by atoms with Gasteiger partial charge in [0.25, 0.3) is 0 Å². The van der Waals surface area contributed by atoms with E-state index in [0.717, 1.165) is 24.1 Å². The summed E-state index contributed by atoms with van der Waals surface area (Å²) in [5.41, 5.74) is 5.46. The Balaban J connectivity index is 1.97. The van der Waals surface area contributed by atoms with Crippen LogP contribution in [0.15, 0.2) is 36.5 Å². The Morgan fingerprint density at radius 1 is 1.16 bits per heavy atom. The van der Waals surface area contributed by atoms with Gasteiger partial charge in [0.2, 0.25) is 0 Å². The molecule has 0 spiro atoms. The van der Waals surface area contributed by atoms with Crippen molar-refractivity contribution in [1.29, 1.82) is 5.26 Å². The zero-order valence-electron chi connectivity index (χ0n) is 11.3. The molecule has 0 atom stereocenters. The molecule has 2 heteroatoms. The van der Waals surface area contributed by atoms with E-state index in [1.165, 1.54) is 16.7 Å². The van der Waals surface area contributed by atoms with E-state index < -0.39 is 0 Å². The Kier molecular flexibility index (Phi) is 2.64. The highest BCUT2D eigenvalue weighted by Crippen LogP contribution is 2.47. The maximum absolute atomic E-state index is 9.19. The number of hydrogen-bond acceptors (Lipinski definition) is 2. The van der Waals surface area contributed by atoms with Crippen LogP contribution < -0.4 is 0 Å². The van der Waals surface area contributed by atoms with Gasteiger partial charge in [-0.1, -0.05) is 29.8 Å². The molecule has 19 heavy (non-hydrogen) atoms. The minimum Gasteiger partial charge on any atom is -0.256 e. The number of nitriles is 1. The summed E-state index contributed by atoms with van der Waals surface area (Å²) < 4.78 is 0. The van der Waals surface area contributed by atoms with E-state index in [-0.39, 0.29) is 5.41 Å². The molecule has 1 fully saturated rings. The van der Waals surface area contributed by atoms with Crippen molar-refractivity contribution < 1.29 is 0 Å². The van der Waals surface area contributed by atoms with E-state index in [2.05, 4.69) is 49.2 Å². The molecule has 0 unspecified atom stereocenters. The zero-order chi connectivity index (χ0) is 13.5. The number of hydrogen-bond donors (Lipinski definition) is 0. The first-order valence-electron chi connectivity index (χ1n) is 6.60. The van der Waals surface area contributed by atoms with Gasteiger partial charge in [0.15, 0.2) is 0 Å². The van der Waals surface area contributed by atoms with E-state index in [0.29, 0.717) is 0 Å². The van der Waals surface area contributed by atoms with Gasteiger partial charge in [-0.3, -0.25) is 4.98 Å². The highest BCUT2D eigenvalue weighted by molar-refractivity contribution is 5.64. The summed E-state index contributed by atoms with van der Waals surface area (Å²) >= 11 is 0. The van der Waals surface area contributed by atoms with Crippen LogP contribution in [0, 0.1) is 25.2 Å². The summed E-state index contributed by atoms with van der Waals surface area (Å²) in [6.45, 7) is 4.20. The Labute approximate surface area is 113 Å². The first kappa shape index (κ1) is 11.9. The fourth-order valence-corrected chi connectivity index (χ4v) is 2.53. The van der Waals surface area contributed by atoms with Crippen LogP contribution in [0.25, 0.3) is 11.3 Å². The molecule has 0 saturated heterocycles. The Hall–Kier alpha value is -2.14. The van der Waals surface area contributed by atoms with E-state index in [4.69, 9.17) is 0 Å². The standard InChI is InChI=1S/C17H16N2/c1-12-3-5-15(13(2)9-12)16-6-4-14(10-19-16)17(11-18)7-8-17/h3-6,9-10H,7-8H2,1-2H3. The van der Waals surface area contributed by atoms with Crippen LogP contribution in [0.2, 0.25) is 0 Å². The van der Waals surface area contributed by atoms with E-state index in [9.17, 15) is 5.26 Å². The van der Waals surface area contributed by atoms with Gasteiger partial charge in [0, 0.05) is 11.8 Å². The molecule has 1 aliphatic rings. The number of rotatable bonds is 2. The van der Waals surface area contributed by atoms with Gasteiger partial charge in [0.05, 0.1) is 17.2 Å². The van der Waals surface area contributed by atoms with E-state index >= 15 is 0 Å². The Morgan fingerprint density at radius 3 is 2.47 bits per heavy atom. The second-order valence-electron chi connectivity index (χ2n) is 5.44. The smallest absolute Gasteiger partial charge is 0.0838 e. The fraction of sp³-hybridized carbons (Fsp3) is 0.294. The predicted octanol–water partition coefficient (Wildman–Crippen LogP) is 3.92. The fourth-order valence-electron chi connectivity index (χ4n) is 2.53. The monoisotopic (exact) mass is 248 g/mol. The largest absolute Gasteiger partial charge is 0.256 e. The lowest BCUT2D eigenvalue weighted by Crippen LogP contribution is -2.03. The van der Waals surface area contributed by atoms with Crippen molar-refractivity contribution in [3.63, 3.8) is 0 Å². The molecule has 0 amide bonds. The number of aromatic nitrogens is 1. The van der Waals surface area contributed by atoms with Crippen LogP contribution in [0.1, 0.15) is 29.5 Å². The molecule has 1 aliphatic carbocycles. The molecular weight excluding hydrogens is 232 g/mol. The maximum atomic E-state index is 9.19. The number of nitrogens with zero attached hydrogens (tertiary/aromatic N) is 2. The lowest BCUT2D eigenvalue weighted by Gasteiger charge is -2.09. The van der Waals surface area contributed by atoms with Crippen LogP contribution in [0.4, 0.5) is 0 Å². The molecule has 1 aromatic carbocycles. The summed E-state index contributed by atoms with van der Waals surface area (Å²) in [6, 6.07) is 12.9. The maximum Gasteiger partial charge on any atom is 0.0838 e. The van der Waals surface area contributed by atoms with Gasteiger partial charge >= 0.3 is 0 Å². The van der Waals surface area contributed by atoms with Gasteiger partial charge < -0.3 is 0 Å². The van der Waals surface area contributed by atoms with Gasteiger partial charge in [-0.2, -0.15) is 5.26 Å². The zero-order valence-corrected chi connectivity index (χ0v) is 11.3. The molecule has 0 aliphatic heterocycles. The topological polar surface area (TPSA) is 36.7 Å². The van der Waals surface area contributed by atoms with Crippen molar-refractivity contribution in [2.45, 2.75) is 32.1 Å². The second kappa shape index (κ2) is 4.20. The number of pyridine rings is 1. The molecule has 1 heterocycles. The third-order valence-corrected chi connectivity index (χ3v) is 3.94. The third kappa shape index (κ3) is 2.02. The van der Waals surface area contributed by atoms with Gasteiger partial charge in [0.1, 0.15) is 0 Å². The summed E-state index contributed by atoms with van der Waals surface area (Å²) in [7, 11) is 0. The van der Waals surface area contributed by atoms with Crippen LogP contribution in [-0.2, 0) is 5.41 Å². The van der Waals surface area contributed by atoms with Crippen molar-refractivity contribution in [3.05, 3.63) is 53.2 Å². The van der Waals surface area contributed by atoms with E-state index in [1.807, 2.05) is 12.3 Å². The lowest BCUT2D eigenvalue weighted by molar-refractivity contribution is 0.898. The number of benzene rings is 1. The average molecular weight is 248 g/mol. The Morgan fingerprint density at radius 2 is 1.95 bits per heavy atom. The highest BCUT2D eigenvalue weighted by Gasteiger charge is 2.45. The molecule has 0 bridgehead atoms. The summed E-state index contributed by atoms with van der Waals surface area (Å²) in [5.74, 6) is 0. The summed E-state index contributed by atoms with van der Waals surface area (Å²) in [6.07, 6.45) is 3.80. The SMILES string of the molecule is Cc1ccc(-c2ccc(C3(C#N)CC3)cn2)c(C)c1. The summed E-state index contributed by atoms with van der Waals surface area (Å²) in [5, 5.41) is 9.19. The first-order valence-corrected chi connectivity index (χ1v) is 6.60. The molecule has 2 aromatic rings. The van der Waals surface area contributed by atoms with Crippen LogP contribution in [-0.4, -0.2) is 4.98 Å². The summed E-state index contributed by atoms with van der Waals surface area (Å²) in [4.78, 5) is 4.54. The average Bonchev–Trinajstić information content (AvgIpc) is 3.20. The minimum absolute atomic E-state index is 0.242. The molecule has 1 saturated carbocycles. The molecule has 0 radical (unpaired) electrons. The second-order valence-corrected chi connectivity index (χ2v) is 5.44. The quantitative estimate of drug-likeness (QED) is 0.807. The predicted molar refractivity (Wildman–Crippen MR) is 75.7 cm³/mol. The minimum atomic E-state index is -0.242. The Bertz CT molecular complexity index is 659. The van der Waals surface area contributed by atoms with Crippen molar-refractivity contribution >= 4 is 0 Å². The van der Waals surface area contributed by atoms with Crippen molar-refractivity contribution in [3.8, 4) is 17.3 Å². The highest BCUT2D eigenvalue weighted by atomic mass is 14.7.